The van der Waals surface area contributed by atoms with Crippen molar-refractivity contribution < 1.29 is 14.3 Å². The molecule has 0 N–H and O–H groups in total. The molecule has 0 radical (unpaired) electrons. The lowest BCUT2D eigenvalue weighted by molar-refractivity contribution is -0.111. The van der Waals surface area contributed by atoms with E-state index in [-0.39, 0.29) is 5.92 Å². The molecule has 0 aliphatic heterocycles. The van der Waals surface area contributed by atoms with Gasteiger partial charge in [0.15, 0.2) is 0 Å². The van der Waals surface area contributed by atoms with Crippen LogP contribution in [0.5, 0.6) is 5.75 Å². The van der Waals surface area contributed by atoms with Crippen LogP contribution in [0.3, 0.4) is 0 Å². The zero-order valence-electron chi connectivity index (χ0n) is 14.1. The van der Waals surface area contributed by atoms with E-state index in [1.54, 1.807) is 6.92 Å². The first-order chi connectivity index (χ1) is 10.4. The molecule has 0 spiro atoms. The zero-order chi connectivity index (χ0) is 16.4. The van der Waals surface area contributed by atoms with Crippen LogP contribution in [0.4, 0.5) is 0 Å². The number of ether oxygens (including phenoxy) is 1. The molecule has 0 heterocycles. The maximum absolute atomic E-state index is 12.4. The summed E-state index contributed by atoms with van der Waals surface area (Å²) in [5.41, 5.74) is 3.75. The second kappa shape index (κ2) is 6.47. The molecule has 1 aromatic carbocycles. The Morgan fingerprint density at radius 3 is 2.41 bits per heavy atom. The second-order valence-electron chi connectivity index (χ2n) is 6.24. The van der Waals surface area contributed by atoms with Crippen LogP contribution >= 0.6 is 0 Å². The van der Waals surface area contributed by atoms with Crippen molar-refractivity contribution in [2.24, 2.45) is 0 Å². The standard InChI is InChI=1S/C19H24O3/c1-6-7-8-22-15-10-12(4)17-14(16(15)11(2)3)9-13(5)18(20)19(17)21/h9-11H,6-8H2,1-5H3. The molecule has 0 saturated heterocycles. The quantitative estimate of drug-likeness (QED) is 0.595. The Balaban J connectivity index is 2.63. The summed E-state index contributed by atoms with van der Waals surface area (Å²) in [6.07, 6.45) is 3.92. The van der Waals surface area contributed by atoms with Crippen molar-refractivity contribution in [1.82, 2.24) is 0 Å². The van der Waals surface area contributed by atoms with E-state index in [1.807, 2.05) is 19.1 Å². The molecule has 0 unspecified atom stereocenters. The highest BCUT2D eigenvalue weighted by Crippen LogP contribution is 2.38. The van der Waals surface area contributed by atoms with Crippen molar-refractivity contribution in [2.45, 2.75) is 53.4 Å². The number of allylic oxidation sites excluding steroid dienone is 1. The normalized spacial score (nSPS) is 14.2. The molecule has 1 aliphatic carbocycles. The van der Waals surface area contributed by atoms with E-state index in [4.69, 9.17) is 4.74 Å². The topological polar surface area (TPSA) is 43.4 Å². The number of rotatable bonds is 5. The number of aryl methyl sites for hydroxylation is 1. The van der Waals surface area contributed by atoms with Gasteiger partial charge in [-0.3, -0.25) is 9.59 Å². The summed E-state index contributed by atoms with van der Waals surface area (Å²) in [6, 6.07) is 1.91. The Kier molecular flexibility index (Phi) is 4.84. The van der Waals surface area contributed by atoms with Gasteiger partial charge in [-0.2, -0.15) is 0 Å². The second-order valence-corrected chi connectivity index (χ2v) is 6.24. The fourth-order valence-corrected chi connectivity index (χ4v) is 2.89. The Labute approximate surface area is 132 Å². The molecular formula is C19H24O3. The van der Waals surface area contributed by atoms with Crippen molar-refractivity contribution >= 4 is 17.6 Å². The highest BCUT2D eigenvalue weighted by atomic mass is 16.5. The van der Waals surface area contributed by atoms with Gasteiger partial charge in [-0.05, 0) is 49.5 Å². The number of fused-ring (bicyclic) bond motifs is 1. The number of ketones is 2. The van der Waals surface area contributed by atoms with Crippen molar-refractivity contribution in [2.75, 3.05) is 6.61 Å². The highest BCUT2D eigenvalue weighted by Gasteiger charge is 2.30. The van der Waals surface area contributed by atoms with Crippen LogP contribution in [0.2, 0.25) is 0 Å². The van der Waals surface area contributed by atoms with Crippen LogP contribution < -0.4 is 4.74 Å². The molecule has 0 aromatic heterocycles. The summed E-state index contributed by atoms with van der Waals surface area (Å²) < 4.78 is 5.96. The fraction of sp³-hybridized carbons (Fsp3) is 0.474. The predicted octanol–water partition coefficient (Wildman–Crippen LogP) is 4.47. The zero-order valence-corrected chi connectivity index (χ0v) is 14.1. The van der Waals surface area contributed by atoms with Gasteiger partial charge in [-0.1, -0.05) is 27.2 Å². The van der Waals surface area contributed by atoms with Gasteiger partial charge in [0.05, 0.1) is 6.61 Å². The molecular weight excluding hydrogens is 276 g/mol. The minimum absolute atomic E-state index is 0.219. The minimum Gasteiger partial charge on any atom is -0.493 e. The van der Waals surface area contributed by atoms with Crippen molar-refractivity contribution in [3.63, 3.8) is 0 Å². The Hall–Kier alpha value is -1.90. The molecule has 3 heteroatoms. The van der Waals surface area contributed by atoms with Crippen LogP contribution in [-0.4, -0.2) is 18.2 Å². The number of benzene rings is 1. The van der Waals surface area contributed by atoms with E-state index < -0.39 is 11.6 Å². The van der Waals surface area contributed by atoms with Gasteiger partial charge < -0.3 is 4.74 Å². The van der Waals surface area contributed by atoms with Gasteiger partial charge in [-0.25, -0.2) is 0 Å². The summed E-state index contributed by atoms with van der Waals surface area (Å²) >= 11 is 0. The fourth-order valence-electron chi connectivity index (χ4n) is 2.89. The summed E-state index contributed by atoms with van der Waals surface area (Å²) in [5.74, 6) is 0.265. The molecule has 0 fully saturated rings. The van der Waals surface area contributed by atoms with Crippen LogP contribution in [0, 0.1) is 6.92 Å². The summed E-state index contributed by atoms with van der Waals surface area (Å²) in [4.78, 5) is 24.3. The molecule has 22 heavy (non-hydrogen) atoms. The number of hydrogen-bond donors (Lipinski definition) is 0. The number of carbonyl (C=O) groups is 2. The SMILES string of the molecule is CCCCOc1cc(C)c2c(c1C(C)C)C=C(C)C(=O)C2=O. The van der Waals surface area contributed by atoms with Gasteiger partial charge >= 0.3 is 0 Å². The lowest BCUT2D eigenvalue weighted by atomic mass is 9.82. The number of Topliss-reactive ketones (excluding diaryl/α,β-unsaturated/α-hetero) is 2. The van der Waals surface area contributed by atoms with Crippen LogP contribution in [0.15, 0.2) is 11.6 Å². The van der Waals surface area contributed by atoms with Gasteiger partial charge in [-0.15, -0.1) is 0 Å². The molecule has 1 aromatic rings. The monoisotopic (exact) mass is 300 g/mol. The summed E-state index contributed by atoms with van der Waals surface area (Å²) in [5, 5.41) is 0. The molecule has 0 amide bonds. The number of carbonyl (C=O) groups excluding carboxylic acids is 2. The minimum atomic E-state index is -0.398. The Morgan fingerprint density at radius 1 is 1.14 bits per heavy atom. The van der Waals surface area contributed by atoms with E-state index in [9.17, 15) is 9.59 Å². The predicted molar refractivity (Wildman–Crippen MR) is 88.7 cm³/mol. The molecule has 118 valence electrons. The smallest absolute Gasteiger partial charge is 0.234 e. The lowest BCUT2D eigenvalue weighted by Crippen LogP contribution is -2.23. The average molecular weight is 300 g/mol. The molecule has 0 saturated carbocycles. The van der Waals surface area contributed by atoms with Gasteiger partial charge in [0, 0.05) is 16.7 Å². The van der Waals surface area contributed by atoms with Crippen LogP contribution in [0.25, 0.3) is 6.08 Å². The number of hydrogen-bond acceptors (Lipinski definition) is 3. The van der Waals surface area contributed by atoms with Crippen molar-refractivity contribution in [3.8, 4) is 5.75 Å². The molecule has 2 rings (SSSR count). The summed E-state index contributed by atoms with van der Waals surface area (Å²) in [7, 11) is 0. The Bertz CT molecular complexity index is 651. The molecule has 0 bridgehead atoms. The third-order valence-corrected chi connectivity index (χ3v) is 4.05. The average Bonchev–Trinajstić information content (AvgIpc) is 2.44. The lowest BCUT2D eigenvalue weighted by Gasteiger charge is -2.23. The Morgan fingerprint density at radius 2 is 1.82 bits per heavy atom. The van der Waals surface area contributed by atoms with E-state index in [1.165, 1.54) is 0 Å². The van der Waals surface area contributed by atoms with E-state index in [0.717, 1.165) is 35.3 Å². The van der Waals surface area contributed by atoms with Crippen molar-refractivity contribution in [3.05, 3.63) is 33.9 Å². The third kappa shape index (κ3) is 2.85. The third-order valence-electron chi connectivity index (χ3n) is 4.05. The van der Waals surface area contributed by atoms with E-state index in [0.29, 0.717) is 17.7 Å². The highest BCUT2D eigenvalue weighted by molar-refractivity contribution is 6.52. The van der Waals surface area contributed by atoms with Gasteiger partial charge in [0.1, 0.15) is 5.75 Å². The van der Waals surface area contributed by atoms with Crippen molar-refractivity contribution in [1.29, 1.82) is 0 Å². The van der Waals surface area contributed by atoms with Gasteiger partial charge in [0.25, 0.3) is 0 Å². The molecule has 3 nitrogen and oxygen atoms in total. The number of unbranched alkanes of at least 4 members (excludes halogenated alkanes) is 1. The first-order valence-corrected chi connectivity index (χ1v) is 7.96. The van der Waals surface area contributed by atoms with Crippen LogP contribution in [-0.2, 0) is 4.79 Å². The molecule has 0 atom stereocenters. The largest absolute Gasteiger partial charge is 0.493 e. The first kappa shape index (κ1) is 16.5. The van der Waals surface area contributed by atoms with Crippen LogP contribution in [0.1, 0.15) is 73.5 Å². The molecule has 1 aliphatic rings. The van der Waals surface area contributed by atoms with E-state index in [2.05, 4.69) is 20.8 Å². The maximum Gasteiger partial charge on any atom is 0.234 e. The first-order valence-electron chi connectivity index (χ1n) is 7.96. The summed E-state index contributed by atoms with van der Waals surface area (Å²) in [6.45, 7) is 10.5. The maximum atomic E-state index is 12.4. The van der Waals surface area contributed by atoms with E-state index >= 15 is 0 Å². The van der Waals surface area contributed by atoms with Gasteiger partial charge in [0.2, 0.25) is 11.6 Å².